The van der Waals surface area contributed by atoms with Crippen molar-refractivity contribution in [3.63, 3.8) is 0 Å². The predicted octanol–water partition coefficient (Wildman–Crippen LogP) is 6.28. The zero-order chi connectivity index (χ0) is 24.9. The lowest BCUT2D eigenvalue weighted by Crippen LogP contribution is -2.19. The van der Waals surface area contributed by atoms with Crippen molar-refractivity contribution in [1.29, 1.82) is 0 Å². The third kappa shape index (κ3) is 6.52. The van der Waals surface area contributed by atoms with Crippen LogP contribution in [0.4, 0.5) is 11.4 Å². The zero-order valence-corrected chi connectivity index (χ0v) is 23.3. The van der Waals surface area contributed by atoms with Gasteiger partial charge in [-0.05, 0) is 111 Å². The van der Waals surface area contributed by atoms with E-state index in [-0.39, 0.29) is 18.2 Å². The first-order chi connectivity index (χ1) is 16.8. The average Bonchev–Trinajstić information content (AvgIpc) is 3.17. The van der Waals surface area contributed by atoms with Crippen LogP contribution >= 0.6 is 56.9 Å². The van der Waals surface area contributed by atoms with Crippen molar-refractivity contribution in [3.8, 4) is 11.5 Å². The summed E-state index contributed by atoms with van der Waals surface area (Å²) in [6.07, 6.45) is 1.81. The summed E-state index contributed by atoms with van der Waals surface area (Å²) in [5.41, 5.74) is 2.30. The standard InChI is InChI=1S/C24H17I2N3O5S/c1-33-18-7-5-16(6-8-18)27-24-28-23(30)21(35-24)12-15-10-19(25)22(20(26)11-15)34-13-14-3-2-4-17(9-14)29(31)32/h2-12H,13H2,1H3,(H,27,28,30)/b21-12+. The number of thioether (sulfide) groups is 1. The topological polar surface area (TPSA) is 103 Å². The van der Waals surface area contributed by atoms with Crippen molar-refractivity contribution in [1.82, 2.24) is 5.32 Å². The lowest BCUT2D eigenvalue weighted by molar-refractivity contribution is -0.384. The number of carbonyl (C=O) groups is 1. The molecular weight excluding hydrogens is 696 g/mol. The van der Waals surface area contributed by atoms with E-state index in [4.69, 9.17) is 9.47 Å². The number of benzene rings is 3. The van der Waals surface area contributed by atoms with Crippen molar-refractivity contribution in [2.75, 3.05) is 7.11 Å². The molecule has 3 aromatic carbocycles. The molecule has 35 heavy (non-hydrogen) atoms. The van der Waals surface area contributed by atoms with Crippen LogP contribution in [0.5, 0.6) is 11.5 Å². The second-order valence-electron chi connectivity index (χ2n) is 7.21. The summed E-state index contributed by atoms with van der Waals surface area (Å²) in [5.74, 6) is 1.21. The molecule has 1 fully saturated rings. The largest absolute Gasteiger partial charge is 0.497 e. The molecule has 11 heteroatoms. The Balaban J connectivity index is 1.48. The summed E-state index contributed by atoms with van der Waals surface area (Å²) in [6, 6.07) is 17.5. The Labute approximate surface area is 232 Å². The van der Waals surface area contributed by atoms with Gasteiger partial charge in [0.2, 0.25) is 0 Å². The van der Waals surface area contributed by atoms with Crippen molar-refractivity contribution in [2.24, 2.45) is 4.99 Å². The summed E-state index contributed by atoms with van der Waals surface area (Å²) >= 11 is 5.63. The normalized spacial score (nSPS) is 15.3. The van der Waals surface area contributed by atoms with Crippen molar-refractivity contribution in [2.45, 2.75) is 6.61 Å². The molecule has 4 rings (SSSR count). The third-order valence-corrected chi connectivity index (χ3v) is 7.29. The first-order valence-electron chi connectivity index (χ1n) is 10.1. The second-order valence-corrected chi connectivity index (χ2v) is 10.6. The molecule has 0 radical (unpaired) electrons. The monoisotopic (exact) mass is 713 g/mol. The molecule has 0 aromatic heterocycles. The SMILES string of the molecule is COc1ccc(N=C2NC(=O)/C(=C\c3cc(I)c(OCc4cccc([N+](=O)[O-])c4)c(I)c3)S2)cc1. The van der Waals surface area contributed by atoms with Crippen LogP contribution in [0.25, 0.3) is 6.08 Å². The number of halogens is 2. The lowest BCUT2D eigenvalue weighted by atomic mass is 10.2. The van der Waals surface area contributed by atoms with Gasteiger partial charge in [-0.1, -0.05) is 12.1 Å². The summed E-state index contributed by atoms with van der Waals surface area (Å²) in [6.45, 7) is 0.206. The number of hydrogen-bond acceptors (Lipinski definition) is 7. The quantitative estimate of drug-likeness (QED) is 0.134. The van der Waals surface area contributed by atoms with E-state index in [1.165, 1.54) is 23.9 Å². The van der Waals surface area contributed by atoms with Crippen molar-refractivity contribution in [3.05, 3.63) is 94.0 Å². The molecule has 178 valence electrons. The molecule has 0 unspecified atom stereocenters. The highest BCUT2D eigenvalue weighted by Crippen LogP contribution is 2.33. The van der Waals surface area contributed by atoms with Gasteiger partial charge in [-0.3, -0.25) is 14.9 Å². The van der Waals surface area contributed by atoms with Gasteiger partial charge in [0.1, 0.15) is 18.1 Å². The first-order valence-corrected chi connectivity index (χ1v) is 13.1. The number of ether oxygens (including phenoxy) is 2. The van der Waals surface area contributed by atoms with E-state index in [1.54, 1.807) is 19.2 Å². The highest BCUT2D eigenvalue weighted by molar-refractivity contribution is 14.1. The van der Waals surface area contributed by atoms with E-state index >= 15 is 0 Å². The highest BCUT2D eigenvalue weighted by Gasteiger charge is 2.24. The van der Waals surface area contributed by atoms with Gasteiger partial charge in [-0.25, -0.2) is 4.99 Å². The van der Waals surface area contributed by atoms with Crippen LogP contribution in [0, 0.1) is 17.3 Å². The molecule has 1 aliphatic rings. The van der Waals surface area contributed by atoms with Crippen LogP contribution < -0.4 is 14.8 Å². The maximum absolute atomic E-state index is 12.5. The number of nitrogens with zero attached hydrogens (tertiary/aromatic N) is 2. The molecule has 1 amide bonds. The van der Waals surface area contributed by atoms with Crippen LogP contribution in [-0.4, -0.2) is 23.1 Å². The number of aliphatic imine (C=N–C) groups is 1. The Morgan fingerprint density at radius 3 is 2.49 bits per heavy atom. The summed E-state index contributed by atoms with van der Waals surface area (Å²) in [7, 11) is 1.60. The molecular formula is C24H17I2N3O5S. The van der Waals surface area contributed by atoms with Gasteiger partial charge >= 0.3 is 0 Å². The van der Waals surface area contributed by atoms with E-state index < -0.39 is 4.92 Å². The molecule has 0 saturated carbocycles. The molecule has 8 nitrogen and oxygen atoms in total. The van der Waals surface area contributed by atoms with Gasteiger partial charge in [-0.2, -0.15) is 0 Å². The predicted molar refractivity (Wildman–Crippen MR) is 153 cm³/mol. The lowest BCUT2D eigenvalue weighted by Gasteiger charge is -2.11. The maximum Gasteiger partial charge on any atom is 0.269 e. The molecule has 0 bridgehead atoms. The minimum absolute atomic E-state index is 0.0275. The van der Waals surface area contributed by atoms with Crippen LogP contribution in [-0.2, 0) is 11.4 Å². The van der Waals surface area contributed by atoms with Crippen LogP contribution in [0.2, 0.25) is 0 Å². The average molecular weight is 713 g/mol. The number of carbonyl (C=O) groups excluding carboxylic acids is 1. The number of methoxy groups -OCH3 is 1. The van der Waals surface area contributed by atoms with E-state index in [0.29, 0.717) is 27.1 Å². The van der Waals surface area contributed by atoms with E-state index in [2.05, 4.69) is 55.5 Å². The van der Waals surface area contributed by atoms with Gasteiger partial charge in [0, 0.05) is 12.1 Å². The Morgan fingerprint density at radius 2 is 1.83 bits per heavy atom. The molecule has 1 aliphatic heterocycles. The number of nitro benzene ring substituents is 1. The van der Waals surface area contributed by atoms with Crippen LogP contribution in [0.15, 0.2) is 70.6 Å². The molecule has 0 atom stereocenters. The minimum atomic E-state index is -0.427. The number of amidine groups is 1. The summed E-state index contributed by atoms with van der Waals surface area (Å²) in [4.78, 5) is 28.1. The molecule has 1 saturated heterocycles. The van der Waals surface area contributed by atoms with E-state index in [0.717, 1.165) is 18.5 Å². The Morgan fingerprint density at radius 1 is 1.11 bits per heavy atom. The fourth-order valence-corrected chi connectivity index (χ4v) is 6.09. The fourth-order valence-electron chi connectivity index (χ4n) is 3.12. The Kier molecular flexibility index (Phi) is 8.28. The van der Waals surface area contributed by atoms with Gasteiger partial charge in [0.05, 0.1) is 29.8 Å². The maximum atomic E-state index is 12.5. The number of hydrogen-bond donors (Lipinski definition) is 1. The molecule has 0 spiro atoms. The Bertz CT molecular complexity index is 1340. The molecule has 1 heterocycles. The highest BCUT2D eigenvalue weighted by atomic mass is 127. The third-order valence-electron chi connectivity index (χ3n) is 4.78. The number of non-ortho nitro benzene ring substituents is 1. The van der Waals surface area contributed by atoms with Crippen LogP contribution in [0.1, 0.15) is 11.1 Å². The summed E-state index contributed by atoms with van der Waals surface area (Å²) in [5, 5.41) is 14.3. The molecule has 0 aliphatic carbocycles. The first kappa shape index (κ1) is 25.4. The minimum Gasteiger partial charge on any atom is -0.497 e. The van der Waals surface area contributed by atoms with Crippen LogP contribution in [0.3, 0.4) is 0 Å². The fraction of sp³-hybridized carbons (Fsp3) is 0.0833. The van der Waals surface area contributed by atoms with E-state index in [1.807, 2.05) is 42.5 Å². The van der Waals surface area contributed by atoms with E-state index in [9.17, 15) is 14.9 Å². The second kappa shape index (κ2) is 11.4. The van der Waals surface area contributed by atoms with Gasteiger partial charge in [0.25, 0.3) is 11.6 Å². The van der Waals surface area contributed by atoms with Gasteiger partial charge in [-0.15, -0.1) is 0 Å². The molecule has 3 aromatic rings. The number of amides is 1. The summed E-state index contributed by atoms with van der Waals surface area (Å²) < 4.78 is 12.8. The smallest absolute Gasteiger partial charge is 0.269 e. The number of nitrogens with one attached hydrogen (secondary N) is 1. The zero-order valence-electron chi connectivity index (χ0n) is 18.2. The number of rotatable bonds is 7. The molecule has 1 N–H and O–H groups in total. The van der Waals surface area contributed by atoms with Crippen molar-refractivity contribution >= 4 is 85.5 Å². The number of nitro groups is 1. The van der Waals surface area contributed by atoms with Crippen molar-refractivity contribution < 1.29 is 19.2 Å². The Hall–Kier alpha value is -2.65. The van der Waals surface area contributed by atoms with Gasteiger partial charge in [0.15, 0.2) is 5.17 Å². The van der Waals surface area contributed by atoms with Gasteiger partial charge < -0.3 is 14.8 Å².